The monoisotopic (exact) mass is 299 g/mol. The number of aromatic nitrogens is 3. The summed E-state index contributed by atoms with van der Waals surface area (Å²) in [5.74, 6) is -1.41. The highest BCUT2D eigenvalue weighted by Crippen LogP contribution is 2.29. The predicted molar refractivity (Wildman–Crippen MR) is 67.1 cm³/mol. The summed E-state index contributed by atoms with van der Waals surface area (Å²) < 4.78 is 18.8. The largest absolute Gasteiger partial charge is 0.421 e. The smallest absolute Gasteiger partial charge is 0.328 e. The van der Waals surface area contributed by atoms with Gasteiger partial charge in [0.2, 0.25) is 11.2 Å². The molecular weight excluding hydrogens is 293 g/mol. The van der Waals surface area contributed by atoms with Crippen molar-refractivity contribution >= 4 is 23.2 Å². The first-order valence-corrected chi connectivity index (χ1v) is 5.54. The number of hydrogen-bond acceptors (Lipinski definition) is 7. The third kappa shape index (κ3) is 2.88. The molecule has 1 heterocycles. The van der Waals surface area contributed by atoms with Crippen molar-refractivity contribution in [2.45, 2.75) is 6.92 Å². The van der Waals surface area contributed by atoms with Crippen molar-refractivity contribution in [2.24, 2.45) is 0 Å². The number of nitro benzene ring substituents is 1. The number of nitrogens with two attached hydrogens (primary N) is 1. The van der Waals surface area contributed by atoms with E-state index in [0.717, 1.165) is 12.1 Å². The molecule has 0 spiro atoms. The maximum absolute atomic E-state index is 13.7. The molecule has 2 N–H and O–H groups in total. The Labute approximate surface area is 116 Å². The normalized spacial score (nSPS) is 10.3. The van der Waals surface area contributed by atoms with E-state index in [9.17, 15) is 14.5 Å². The molecule has 104 valence electrons. The first kappa shape index (κ1) is 13.9. The quantitative estimate of drug-likeness (QED) is 0.682. The number of benzene rings is 1. The van der Waals surface area contributed by atoms with Gasteiger partial charge in [0, 0.05) is 5.56 Å². The average molecular weight is 300 g/mol. The molecule has 0 unspecified atom stereocenters. The van der Waals surface area contributed by atoms with Gasteiger partial charge >= 0.3 is 6.01 Å². The number of nitrogens with zero attached hydrogens (tertiary/aromatic N) is 4. The van der Waals surface area contributed by atoms with Gasteiger partial charge in [-0.3, -0.25) is 10.1 Å². The van der Waals surface area contributed by atoms with Crippen molar-refractivity contribution < 1.29 is 14.1 Å². The van der Waals surface area contributed by atoms with Gasteiger partial charge in [-0.15, -0.1) is 0 Å². The molecule has 10 heteroatoms. The lowest BCUT2D eigenvalue weighted by atomic mass is 10.2. The Morgan fingerprint density at radius 1 is 1.40 bits per heavy atom. The minimum absolute atomic E-state index is 0.195. The zero-order valence-electron chi connectivity index (χ0n) is 10.0. The van der Waals surface area contributed by atoms with Gasteiger partial charge < -0.3 is 10.5 Å². The number of hydrogen-bond donors (Lipinski definition) is 1. The Balaban J connectivity index is 2.39. The van der Waals surface area contributed by atoms with Crippen molar-refractivity contribution in [1.82, 2.24) is 15.0 Å². The Morgan fingerprint density at radius 2 is 2.10 bits per heavy atom. The molecular formula is C10H7ClFN5O3. The molecule has 0 bridgehead atoms. The van der Waals surface area contributed by atoms with E-state index >= 15 is 0 Å². The molecule has 0 aliphatic heterocycles. The molecule has 0 aliphatic rings. The Hall–Kier alpha value is -2.55. The zero-order chi connectivity index (χ0) is 14.9. The molecule has 0 saturated carbocycles. The lowest BCUT2D eigenvalue weighted by Crippen LogP contribution is -2.02. The zero-order valence-corrected chi connectivity index (χ0v) is 10.8. The number of nitrogen functional groups attached to an aromatic ring is 1. The fourth-order valence-corrected chi connectivity index (χ4v) is 1.57. The van der Waals surface area contributed by atoms with E-state index in [0.29, 0.717) is 0 Å². The van der Waals surface area contributed by atoms with E-state index in [2.05, 4.69) is 15.0 Å². The molecule has 1 aromatic heterocycles. The summed E-state index contributed by atoms with van der Waals surface area (Å²) in [6.45, 7) is 1.44. The van der Waals surface area contributed by atoms with E-state index in [-0.39, 0.29) is 34.2 Å². The maximum Gasteiger partial charge on any atom is 0.328 e. The summed E-state index contributed by atoms with van der Waals surface area (Å²) in [6, 6.07) is 1.59. The van der Waals surface area contributed by atoms with Gasteiger partial charge in [-0.05, 0) is 24.6 Å². The molecule has 0 saturated heterocycles. The van der Waals surface area contributed by atoms with Crippen LogP contribution in [-0.4, -0.2) is 19.9 Å². The molecule has 8 nitrogen and oxygen atoms in total. The molecule has 2 aromatic rings. The standard InChI is InChI=1S/C10H7ClFN5O3/c1-4-2-7(5(12)3-6(4)17(18)19)20-10-15-8(11)14-9(13)16-10/h2-3H,1H3,(H2,13,14,15,16). The molecule has 0 amide bonds. The summed E-state index contributed by atoms with van der Waals surface area (Å²) in [6.07, 6.45) is 0. The van der Waals surface area contributed by atoms with Crippen molar-refractivity contribution in [2.75, 3.05) is 5.73 Å². The molecule has 20 heavy (non-hydrogen) atoms. The van der Waals surface area contributed by atoms with Crippen LogP contribution in [0.25, 0.3) is 0 Å². The van der Waals surface area contributed by atoms with Crippen molar-refractivity contribution in [1.29, 1.82) is 0 Å². The van der Waals surface area contributed by atoms with Crippen molar-refractivity contribution in [3.8, 4) is 11.8 Å². The van der Waals surface area contributed by atoms with Crippen LogP contribution in [-0.2, 0) is 0 Å². The lowest BCUT2D eigenvalue weighted by Gasteiger charge is -2.06. The van der Waals surface area contributed by atoms with Crippen LogP contribution in [0.2, 0.25) is 5.28 Å². The van der Waals surface area contributed by atoms with Gasteiger partial charge in [0.25, 0.3) is 5.69 Å². The van der Waals surface area contributed by atoms with Gasteiger partial charge in [0.05, 0.1) is 11.0 Å². The van der Waals surface area contributed by atoms with Crippen LogP contribution < -0.4 is 10.5 Å². The van der Waals surface area contributed by atoms with Gasteiger partial charge in [0.1, 0.15) is 0 Å². The highest BCUT2D eigenvalue weighted by Gasteiger charge is 2.17. The fourth-order valence-electron chi connectivity index (χ4n) is 1.41. The summed E-state index contributed by atoms with van der Waals surface area (Å²) in [7, 11) is 0. The van der Waals surface area contributed by atoms with Gasteiger partial charge in [-0.2, -0.15) is 15.0 Å². The van der Waals surface area contributed by atoms with Crippen LogP contribution in [0.5, 0.6) is 11.8 Å². The highest BCUT2D eigenvalue weighted by atomic mass is 35.5. The lowest BCUT2D eigenvalue weighted by molar-refractivity contribution is -0.385. The number of ether oxygens (including phenoxy) is 1. The van der Waals surface area contributed by atoms with Crippen molar-refractivity contribution in [3.63, 3.8) is 0 Å². The van der Waals surface area contributed by atoms with E-state index < -0.39 is 10.7 Å². The number of nitro groups is 1. The third-order valence-electron chi connectivity index (χ3n) is 2.25. The van der Waals surface area contributed by atoms with Crippen LogP contribution in [0.1, 0.15) is 5.56 Å². The van der Waals surface area contributed by atoms with Crippen LogP contribution >= 0.6 is 11.6 Å². The third-order valence-corrected chi connectivity index (χ3v) is 2.42. The highest BCUT2D eigenvalue weighted by molar-refractivity contribution is 6.28. The van der Waals surface area contributed by atoms with Crippen molar-refractivity contribution in [3.05, 3.63) is 38.9 Å². The molecule has 0 aliphatic carbocycles. The first-order valence-electron chi connectivity index (χ1n) is 5.16. The SMILES string of the molecule is Cc1cc(Oc2nc(N)nc(Cl)n2)c(F)cc1[N+](=O)[O-]. The number of aryl methyl sites for hydroxylation is 1. The molecule has 1 aromatic carbocycles. The van der Waals surface area contributed by atoms with Gasteiger partial charge in [0.15, 0.2) is 11.6 Å². The van der Waals surface area contributed by atoms with Crippen LogP contribution in [0.3, 0.4) is 0 Å². The maximum atomic E-state index is 13.7. The second-order valence-corrected chi connectivity index (χ2v) is 4.01. The molecule has 0 atom stereocenters. The number of rotatable bonds is 3. The van der Waals surface area contributed by atoms with Crippen LogP contribution in [0.15, 0.2) is 12.1 Å². The minimum Gasteiger partial charge on any atom is -0.421 e. The van der Waals surface area contributed by atoms with E-state index in [1.165, 1.54) is 6.92 Å². The van der Waals surface area contributed by atoms with Crippen LogP contribution in [0.4, 0.5) is 16.0 Å². The van der Waals surface area contributed by atoms with E-state index in [1.807, 2.05) is 0 Å². The Kier molecular flexibility index (Phi) is 3.61. The predicted octanol–water partition coefficient (Wildman–Crippen LogP) is 2.26. The summed E-state index contributed by atoms with van der Waals surface area (Å²) >= 11 is 5.55. The topological polar surface area (TPSA) is 117 Å². The van der Waals surface area contributed by atoms with Gasteiger partial charge in [-0.1, -0.05) is 0 Å². The minimum atomic E-state index is -0.933. The summed E-state index contributed by atoms with van der Waals surface area (Å²) in [4.78, 5) is 20.7. The Bertz CT molecular complexity index is 677. The van der Waals surface area contributed by atoms with E-state index in [4.69, 9.17) is 22.1 Å². The molecule has 2 rings (SSSR count). The summed E-state index contributed by atoms with van der Waals surface area (Å²) in [5.41, 5.74) is 5.20. The average Bonchev–Trinajstić information content (AvgIpc) is 2.31. The summed E-state index contributed by atoms with van der Waals surface area (Å²) in [5, 5.41) is 10.4. The van der Waals surface area contributed by atoms with E-state index in [1.54, 1.807) is 0 Å². The van der Waals surface area contributed by atoms with Gasteiger partial charge in [-0.25, -0.2) is 4.39 Å². The van der Waals surface area contributed by atoms with Crippen LogP contribution in [0, 0.1) is 22.9 Å². The Morgan fingerprint density at radius 3 is 2.70 bits per heavy atom. The number of halogens is 2. The molecule has 0 fully saturated rings. The second-order valence-electron chi connectivity index (χ2n) is 3.67. The fraction of sp³-hybridized carbons (Fsp3) is 0.100. The first-order chi connectivity index (χ1) is 9.36. The second kappa shape index (κ2) is 5.21. The molecule has 0 radical (unpaired) electrons. The number of anilines is 1.